The number of nitro groups is 1. The van der Waals surface area contributed by atoms with Gasteiger partial charge in [0.2, 0.25) is 5.96 Å². The molecule has 3 atom stereocenters. The van der Waals surface area contributed by atoms with E-state index in [0.717, 1.165) is 11.6 Å². The second-order valence-corrected chi connectivity index (χ2v) is 12.0. The van der Waals surface area contributed by atoms with E-state index in [9.17, 15) is 26.9 Å². The summed E-state index contributed by atoms with van der Waals surface area (Å²) in [5.41, 5.74) is 7.45. The van der Waals surface area contributed by atoms with Crippen LogP contribution in [0, 0.1) is 30.9 Å². The number of rotatable bonds is 10. The number of sulfonamides is 2. The van der Waals surface area contributed by atoms with E-state index in [-0.39, 0.29) is 22.3 Å². The monoisotopic (exact) mass is 535 g/mol. The molecule has 13 heteroatoms. The summed E-state index contributed by atoms with van der Waals surface area (Å²) in [5.74, 6) is -0.269. The molecule has 1 aliphatic heterocycles. The van der Waals surface area contributed by atoms with Crippen molar-refractivity contribution < 1.29 is 21.8 Å². The summed E-state index contributed by atoms with van der Waals surface area (Å²) in [6, 6.07) is 7.79. The first-order valence-corrected chi connectivity index (χ1v) is 14.0. The van der Waals surface area contributed by atoms with E-state index < -0.39 is 42.7 Å². The normalized spacial score (nSPS) is 20.1. The molecule has 0 saturated carbocycles. The fraction of sp³-hybridized carbons (Fsp3) is 0.348. The average Bonchev–Trinajstić information content (AvgIpc) is 3.49. The van der Waals surface area contributed by atoms with Crippen molar-refractivity contribution in [1.82, 2.24) is 9.03 Å². The Hall–Kier alpha value is -3.29. The fourth-order valence-corrected chi connectivity index (χ4v) is 7.80. The highest BCUT2D eigenvalue weighted by atomic mass is 32.2. The minimum atomic E-state index is -4.10. The molecular formula is C23H29N5O6S2. The van der Waals surface area contributed by atoms with Crippen LogP contribution in [0.2, 0.25) is 0 Å². The number of hydrogen-bond donors (Lipinski definition) is 2. The Morgan fingerprint density at radius 1 is 1.19 bits per heavy atom. The molecule has 2 aromatic carbocycles. The first kappa shape index (κ1) is 27.3. The largest absolute Gasteiger partial charge is 0.369 e. The van der Waals surface area contributed by atoms with E-state index in [2.05, 4.69) is 16.3 Å². The lowest BCUT2D eigenvalue weighted by atomic mass is 10.1. The van der Waals surface area contributed by atoms with Crippen LogP contribution in [0.4, 0.5) is 5.69 Å². The zero-order valence-corrected chi connectivity index (χ0v) is 21.8. The van der Waals surface area contributed by atoms with Gasteiger partial charge in [0.15, 0.2) is 4.90 Å². The Bertz CT molecular complexity index is 1410. The lowest BCUT2D eigenvalue weighted by Crippen LogP contribution is -2.37. The number of nitro benzene ring substituents is 1. The lowest BCUT2D eigenvalue weighted by Gasteiger charge is -2.13. The van der Waals surface area contributed by atoms with Crippen LogP contribution in [0.3, 0.4) is 0 Å². The van der Waals surface area contributed by atoms with Gasteiger partial charge in [-0.2, -0.15) is 4.31 Å². The van der Waals surface area contributed by atoms with Crippen molar-refractivity contribution in [3.8, 4) is 0 Å². The Kier molecular flexibility index (Phi) is 7.86. The summed E-state index contributed by atoms with van der Waals surface area (Å²) < 4.78 is 55.2. The van der Waals surface area contributed by atoms with Crippen molar-refractivity contribution in [1.29, 1.82) is 0 Å². The maximum atomic E-state index is 13.1. The molecule has 36 heavy (non-hydrogen) atoms. The van der Waals surface area contributed by atoms with Crippen LogP contribution in [-0.2, 0) is 20.0 Å². The molecule has 3 N–H and O–H groups in total. The quantitative estimate of drug-likeness (QED) is 0.0897. The second-order valence-electron chi connectivity index (χ2n) is 8.60. The van der Waals surface area contributed by atoms with Crippen molar-refractivity contribution >= 4 is 31.7 Å². The number of guanidine groups is 1. The topological polar surface area (TPSA) is 165 Å². The minimum absolute atomic E-state index is 0.147. The number of nitrogens with zero attached hydrogens (tertiary/aromatic N) is 3. The molecule has 0 aromatic heterocycles. The summed E-state index contributed by atoms with van der Waals surface area (Å²) in [7, 11) is -8.03. The molecule has 0 aliphatic carbocycles. The van der Waals surface area contributed by atoms with Crippen molar-refractivity contribution in [2.45, 2.75) is 55.5 Å². The van der Waals surface area contributed by atoms with Gasteiger partial charge >= 0.3 is 0 Å². The molecule has 0 spiro atoms. The van der Waals surface area contributed by atoms with Gasteiger partial charge < -0.3 is 5.73 Å². The highest BCUT2D eigenvalue weighted by Crippen LogP contribution is 2.41. The summed E-state index contributed by atoms with van der Waals surface area (Å²) in [5, 5.41) is 11.3. The molecular weight excluding hydrogens is 506 g/mol. The van der Waals surface area contributed by atoms with Crippen LogP contribution in [0.1, 0.15) is 29.5 Å². The van der Waals surface area contributed by atoms with Crippen LogP contribution in [-0.4, -0.2) is 50.7 Å². The van der Waals surface area contributed by atoms with Gasteiger partial charge in [-0.05, 0) is 50.8 Å². The predicted molar refractivity (Wildman–Crippen MR) is 137 cm³/mol. The molecule has 1 unspecified atom stereocenters. The third kappa shape index (κ3) is 5.58. The van der Waals surface area contributed by atoms with Gasteiger partial charge in [-0.3, -0.25) is 15.1 Å². The van der Waals surface area contributed by atoms with E-state index in [1.54, 1.807) is 26.0 Å². The first-order chi connectivity index (χ1) is 16.8. The second kappa shape index (κ2) is 10.4. The molecule has 0 radical (unpaired) electrons. The van der Waals surface area contributed by atoms with E-state index in [1.165, 1.54) is 28.6 Å². The molecule has 3 rings (SSSR count). The number of nitrogens with two attached hydrogens (primary N) is 1. The molecule has 1 heterocycles. The van der Waals surface area contributed by atoms with Crippen LogP contribution in [0.5, 0.6) is 0 Å². The Labute approximate surface area is 211 Å². The SMILES string of the molecule is C=C[C@@H]1[C@H](CCCN=C(N)NS(=O)(=O)c2c(C)cc(C)cc2C)N1S(=O)(=O)c1ccccc1[N+](=O)[O-]. The van der Waals surface area contributed by atoms with E-state index in [4.69, 9.17) is 5.73 Å². The van der Waals surface area contributed by atoms with E-state index >= 15 is 0 Å². The predicted octanol–water partition coefficient (Wildman–Crippen LogP) is 2.52. The van der Waals surface area contributed by atoms with Gasteiger partial charge in [0.25, 0.3) is 25.7 Å². The van der Waals surface area contributed by atoms with E-state index in [1.807, 2.05) is 6.92 Å². The number of nitrogens with one attached hydrogen (secondary N) is 1. The van der Waals surface area contributed by atoms with E-state index in [0.29, 0.717) is 24.0 Å². The molecule has 0 bridgehead atoms. The van der Waals surface area contributed by atoms with Crippen molar-refractivity contribution in [2.24, 2.45) is 10.7 Å². The minimum Gasteiger partial charge on any atom is -0.369 e. The van der Waals surface area contributed by atoms with Crippen molar-refractivity contribution in [2.75, 3.05) is 6.54 Å². The highest BCUT2D eigenvalue weighted by molar-refractivity contribution is 7.90. The Balaban J connectivity index is 1.64. The number of aliphatic imine (C=N–C) groups is 1. The summed E-state index contributed by atoms with van der Waals surface area (Å²) in [4.78, 5) is 14.4. The molecule has 0 amide bonds. The average molecular weight is 536 g/mol. The van der Waals surface area contributed by atoms with Gasteiger partial charge in [0.05, 0.1) is 15.9 Å². The van der Waals surface area contributed by atoms with Gasteiger partial charge in [0, 0.05) is 18.7 Å². The summed E-state index contributed by atoms with van der Waals surface area (Å²) in [6.45, 7) is 9.11. The molecule has 1 fully saturated rings. The third-order valence-corrected chi connectivity index (χ3v) is 9.47. The zero-order valence-electron chi connectivity index (χ0n) is 20.2. The lowest BCUT2D eigenvalue weighted by molar-refractivity contribution is -0.387. The third-order valence-electron chi connectivity index (χ3n) is 5.84. The Morgan fingerprint density at radius 2 is 1.81 bits per heavy atom. The van der Waals surface area contributed by atoms with Crippen molar-refractivity contribution in [3.63, 3.8) is 0 Å². The molecule has 2 aromatic rings. The molecule has 1 saturated heterocycles. The summed E-state index contributed by atoms with van der Waals surface area (Å²) in [6.07, 6.45) is 2.27. The zero-order chi connectivity index (χ0) is 26.8. The standard InChI is InChI=1S/C23H29N5O6S2/c1-5-18-19(27(18)36(33,34)21-11-7-6-9-20(21)28(29)30)10-8-12-25-23(24)26-35(31,32)22-16(3)13-15(2)14-17(22)4/h5-7,9,11,13-14,18-19H,1,8,10,12H2,2-4H3,(H3,24,25,26)/t18-,19+,27?/m1/s1. The van der Waals surface area contributed by atoms with Crippen LogP contribution >= 0.6 is 0 Å². The van der Waals surface area contributed by atoms with Crippen molar-refractivity contribution in [3.05, 3.63) is 75.9 Å². The van der Waals surface area contributed by atoms with Gasteiger partial charge in [-0.25, -0.2) is 21.6 Å². The van der Waals surface area contributed by atoms with Crippen LogP contribution in [0.25, 0.3) is 0 Å². The molecule has 194 valence electrons. The van der Waals surface area contributed by atoms with Crippen LogP contribution < -0.4 is 10.5 Å². The van der Waals surface area contributed by atoms with Gasteiger partial charge in [0.1, 0.15) is 0 Å². The number of aryl methyl sites for hydroxylation is 3. The smallest absolute Gasteiger partial charge is 0.289 e. The number of para-hydroxylation sites is 1. The maximum Gasteiger partial charge on any atom is 0.289 e. The highest BCUT2D eigenvalue weighted by Gasteiger charge is 2.54. The number of benzene rings is 2. The summed E-state index contributed by atoms with van der Waals surface area (Å²) >= 11 is 0. The Morgan fingerprint density at radius 3 is 2.39 bits per heavy atom. The molecule has 1 aliphatic rings. The first-order valence-electron chi connectivity index (χ1n) is 11.1. The fourth-order valence-electron chi connectivity index (χ4n) is 4.43. The van der Waals surface area contributed by atoms with Gasteiger partial charge in [-0.15, -0.1) is 6.58 Å². The maximum absolute atomic E-state index is 13.1. The van der Waals surface area contributed by atoms with Crippen LogP contribution in [0.15, 0.2) is 63.8 Å². The molecule has 11 nitrogen and oxygen atoms in total. The van der Waals surface area contributed by atoms with Gasteiger partial charge in [-0.1, -0.05) is 35.9 Å². The number of hydrogen-bond acceptors (Lipinski definition) is 7.